The normalized spacial score (nSPS) is 16.9. The summed E-state index contributed by atoms with van der Waals surface area (Å²) in [6.45, 7) is 0.210. The lowest BCUT2D eigenvalue weighted by atomic mass is 10.2. The lowest BCUT2D eigenvalue weighted by Gasteiger charge is -2.09. The molecule has 2 aromatic rings. The van der Waals surface area contributed by atoms with Crippen LogP contribution in [-0.2, 0) is 13.1 Å². The van der Waals surface area contributed by atoms with E-state index in [0.717, 1.165) is 12.1 Å². The minimum absolute atomic E-state index is 0.00808. The summed E-state index contributed by atoms with van der Waals surface area (Å²) >= 11 is 0. The van der Waals surface area contributed by atoms with E-state index in [1.54, 1.807) is 0 Å². The molecule has 1 aliphatic rings. The highest BCUT2D eigenvalue weighted by Gasteiger charge is 2.31. The molecule has 1 aromatic heterocycles. The van der Waals surface area contributed by atoms with Gasteiger partial charge in [-0.1, -0.05) is 12.1 Å². The fourth-order valence-electron chi connectivity index (χ4n) is 2.50. The highest BCUT2D eigenvalue weighted by Crippen LogP contribution is 2.22. The Hall–Kier alpha value is -3.08. The molecule has 0 saturated carbocycles. The molecule has 1 atom stereocenters. The number of alkyl halides is 3. The van der Waals surface area contributed by atoms with Gasteiger partial charge >= 0.3 is 6.36 Å². The van der Waals surface area contributed by atoms with Crippen molar-refractivity contribution in [1.82, 2.24) is 20.4 Å². The van der Waals surface area contributed by atoms with E-state index in [4.69, 9.17) is 0 Å². The summed E-state index contributed by atoms with van der Waals surface area (Å²) in [6.07, 6.45) is -5.59. The van der Waals surface area contributed by atoms with Crippen molar-refractivity contribution in [2.45, 2.75) is 25.6 Å². The van der Waals surface area contributed by atoms with Crippen molar-refractivity contribution < 1.29 is 32.6 Å². The number of halogens is 3. The fourth-order valence-corrected chi connectivity index (χ4v) is 2.50. The topological polar surface area (TPSA) is 105 Å². The maximum atomic E-state index is 12.2. The highest BCUT2D eigenvalue weighted by atomic mass is 19.4. The van der Waals surface area contributed by atoms with Crippen LogP contribution in [0.1, 0.15) is 26.5 Å². The summed E-state index contributed by atoms with van der Waals surface area (Å²) in [7, 11) is 0. The van der Waals surface area contributed by atoms with Gasteiger partial charge in [0.25, 0.3) is 11.8 Å². The van der Waals surface area contributed by atoms with Crippen LogP contribution in [0, 0.1) is 0 Å². The number of benzene rings is 1. The number of carbonyl (C=O) groups is 2. The summed E-state index contributed by atoms with van der Waals surface area (Å²) in [4.78, 5) is 24.1. The number of rotatable bonds is 4. The third-order valence-corrected chi connectivity index (χ3v) is 3.74. The lowest BCUT2D eigenvalue weighted by molar-refractivity contribution is -0.274. The highest BCUT2D eigenvalue weighted by molar-refractivity contribution is 5.98. The van der Waals surface area contributed by atoms with Crippen LogP contribution in [-0.4, -0.2) is 45.7 Å². The fraction of sp³-hybridized carbons (Fsp3) is 0.312. The van der Waals surface area contributed by atoms with Gasteiger partial charge in [-0.3, -0.25) is 14.3 Å². The van der Waals surface area contributed by atoms with Crippen molar-refractivity contribution in [3.05, 3.63) is 47.3 Å². The van der Waals surface area contributed by atoms with E-state index in [-0.39, 0.29) is 36.8 Å². The number of fused-ring (bicyclic) bond motifs is 1. The number of aliphatic hydroxyl groups excluding tert-OH is 1. The molecule has 0 fully saturated rings. The zero-order valence-electron chi connectivity index (χ0n) is 13.8. The van der Waals surface area contributed by atoms with E-state index >= 15 is 0 Å². The number of nitrogens with zero attached hydrogens (tertiary/aromatic N) is 2. The molecular weight excluding hydrogens is 369 g/mol. The summed E-state index contributed by atoms with van der Waals surface area (Å²) in [5.41, 5.74) is 0.698. The number of hydrogen-bond donors (Lipinski definition) is 3. The van der Waals surface area contributed by atoms with Gasteiger partial charge in [-0.2, -0.15) is 5.10 Å². The van der Waals surface area contributed by atoms with Crippen molar-refractivity contribution in [3.63, 3.8) is 0 Å². The molecule has 0 spiro atoms. The summed E-state index contributed by atoms with van der Waals surface area (Å²) in [5.74, 6) is -1.37. The number of carbonyl (C=O) groups excluding carboxylic acids is 2. The summed E-state index contributed by atoms with van der Waals surface area (Å²) in [6, 6.07) is 6.35. The van der Waals surface area contributed by atoms with Crippen molar-refractivity contribution in [1.29, 1.82) is 0 Å². The number of nitrogens with one attached hydrogen (secondary N) is 2. The average Bonchev–Trinajstić information content (AvgIpc) is 2.96. The van der Waals surface area contributed by atoms with E-state index in [9.17, 15) is 27.9 Å². The van der Waals surface area contributed by atoms with Crippen molar-refractivity contribution >= 4 is 11.8 Å². The number of β-amino-alcohol motifs (C(OH)–C–C–N with tert-alkyl or cyclic N) is 1. The number of amides is 2. The van der Waals surface area contributed by atoms with Gasteiger partial charge in [-0.05, 0) is 17.7 Å². The molecule has 0 unspecified atom stereocenters. The Kier molecular flexibility index (Phi) is 5.04. The second-order valence-corrected chi connectivity index (χ2v) is 5.84. The molecule has 2 heterocycles. The van der Waals surface area contributed by atoms with E-state index in [2.05, 4.69) is 20.5 Å². The Balaban J connectivity index is 1.62. The average molecular weight is 384 g/mol. The first-order valence-corrected chi connectivity index (χ1v) is 7.88. The third kappa shape index (κ3) is 4.76. The number of hydrogen-bond acceptors (Lipinski definition) is 5. The predicted octanol–water partition coefficient (Wildman–Crippen LogP) is 0.816. The molecule has 1 aliphatic heterocycles. The van der Waals surface area contributed by atoms with Gasteiger partial charge in [0.15, 0.2) is 5.69 Å². The van der Waals surface area contributed by atoms with Gasteiger partial charge in [-0.15, -0.1) is 13.2 Å². The standard InChI is InChI=1S/C16H15F3N4O4/c17-16(18,19)27-11-3-1-9(2-4-11)6-20-14(25)12-5-13-15(26)21-7-10(24)8-23(13)22-12/h1-5,10,24H,6-8H2,(H,20,25)(H,21,26)/t10-/m0/s1. The Labute approximate surface area is 150 Å². The smallest absolute Gasteiger partial charge is 0.406 e. The van der Waals surface area contributed by atoms with E-state index in [1.165, 1.54) is 22.9 Å². The molecule has 3 rings (SSSR count). The molecule has 3 N–H and O–H groups in total. The SMILES string of the molecule is O=C(NCc1ccc(OC(F)(F)F)cc1)c1cc2n(n1)C[C@@H](O)CNC2=O. The number of ether oxygens (including phenoxy) is 1. The lowest BCUT2D eigenvalue weighted by Crippen LogP contribution is -2.30. The van der Waals surface area contributed by atoms with Crippen LogP contribution in [0.3, 0.4) is 0 Å². The molecule has 1 aromatic carbocycles. The van der Waals surface area contributed by atoms with Gasteiger partial charge < -0.3 is 20.5 Å². The van der Waals surface area contributed by atoms with Gasteiger partial charge in [0.1, 0.15) is 11.4 Å². The van der Waals surface area contributed by atoms with E-state index in [1.807, 2.05) is 0 Å². The minimum atomic E-state index is -4.77. The summed E-state index contributed by atoms with van der Waals surface area (Å²) in [5, 5.41) is 18.8. The zero-order valence-corrected chi connectivity index (χ0v) is 13.8. The first-order chi connectivity index (χ1) is 12.7. The minimum Gasteiger partial charge on any atom is -0.406 e. The van der Waals surface area contributed by atoms with Crippen molar-refractivity contribution in [2.75, 3.05) is 6.54 Å². The number of aromatic nitrogens is 2. The van der Waals surface area contributed by atoms with Crippen LogP contribution >= 0.6 is 0 Å². The Morgan fingerprint density at radius 3 is 2.74 bits per heavy atom. The van der Waals surface area contributed by atoms with Crippen LogP contribution in [0.2, 0.25) is 0 Å². The monoisotopic (exact) mass is 384 g/mol. The Morgan fingerprint density at radius 2 is 2.07 bits per heavy atom. The van der Waals surface area contributed by atoms with E-state index < -0.39 is 24.3 Å². The molecular formula is C16H15F3N4O4. The van der Waals surface area contributed by atoms with Gasteiger partial charge in [0.05, 0.1) is 12.6 Å². The maximum absolute atomic E-state index is 12.2. The first kappa shape index (κ1) is 18.7. The molecule has 0 radical (unpaired) electrons. The van der Waals surface area contributed by atoms with Crippen LogP contribution in [0.25, 0.3) is 0 Å². The predicted molar refractivity (Wildman–Crippen MR) is 84.9 cm³/mol. The number of aliphatic hydroxyl groups is 1. The molecule has 0 bridgehead atoms. The van der Waals surface area contributed by atoms with Crippen LogP contribution in [0.4, 0.5) is 13.2 Å². The van der Waals surface area contributed by atoms with Gasteiger partial charge in [-0.25, -0.2) is 0 Å². The van der Waals surface area contributed by atoms with Gasteiger partial charge in [0, 0.05) is 19.2 Å². The van der Waals surface area contributed by atoms with Crippen LogP contribution < -0.4 is 15.4 Å². The molecule has 2 amide bonds. The Bertz CT molecular complexity index is 848. The second-order valence-electron chi connectivity index (χ2n) is 5.84. The van der Waals surface area contributed by atoms with Crippen LogP contribution in [0.5, 0.6) is 5.75 Å². The zero-order chi connectivity index (χ0) is 19.6. The van der Waals surface area contributed by atoms with Crippen LogP contribution in [0.15, 0.2) is 30.3 Å². The summed E-state index contributed by atoms with van der Waals surface area (Å²) < 4.78 is 41.4. The van der Waals surface area contributed by atoms with Gasteiger partial charge in [0.2, 0.25) is 0 Å². The largest absolute Gasteiger partial charge is 0.573 e. The maximum Gasteiger partial charge on any atom is 0.573 e. The molecule has 8 nitrogen and oxygen atoms in total. The first-order valence-electron chi connectivity index (χ1n) is 7.88. The quantitative estimate of drug-likeness (QED) is 0.724. The molecule has 11 heteroatoms. The second kappa shape index (κ2) is 7.27. The van der Waals surface area contributed by atoms with E-state index in [0.29, 0.717) is 5.56 Å². The molecule has 144 valence electrons. The molecule has 0 saturated heterocycles. The van der Waals surface area contributed by atoms with Crippen molar-refractivity contribution in [2.24, 2.45) is 0 Å². The third-order valence-electron chi connectivity index (χ3n) is 3.74. The molecule has 0 aliphatic carbocycles. The molecule has 27 heavy (non-hydrogen) atoms. The van der Waals surface area contributed by atoms with Crippen molar-refractivity contribution in [3.8, 4) is 5.75 Å². The Morgan fingerprint density at radius 1 is 1.37 bits per heavy atom.